The van der Waals surface area contributed by atoms with Crippen LogP contribution in [0, 0.1) is 5.41 Å². The van der Waals surface area contributed by atoms with Crippen molar-refractivity contribution in [3.05, 3.63) is 0 Å². The van der Waals surface area contributed by atoms with Crippen LogP contribution in [0.4, 0.5) is 0 Å². The lowest BCUT2D eigenvalue weighted by Crippen LogP contribution is -2.25. The summed E-state index contributed by atoms with van der Waals surface area (Å²) in [5, 5.41) is 3.61. The predicted molar refractivity (Wildman–Crippen MR) is 73.2 cm³/mol. The van der Waals surface area contributed by atoms with Crippen molar-refractivity contribution in [2.45, 2.75) is 51.4 Å². The Hall–Kier alpha value is -0.120. The molecule has 3 N–H and O–H groups in total. The summed E-state index contributed by atoms with van der Waals surface area (Å²) in [6.45, 7) is 4.14. The van der Waals surface area contributed by atoms with Crippen molar-refractivity contribution in [3.8, 4) is 0 Å². The van der Waals surface area contributed by atoms with E-state index >= 15 is 0 Å². The van der Waals surface area contributed by atoms with Gasteiger partial charge in [-0.2, -0.15) is 0 Å². The first-order valence-electron chi connectivity index (χ1n) is 7.23. The molecule has 102 valence electrons. The minimum absolute atomic E-state index is 0.593. The van der Waals surface area contributed by atoms with E-state index in [9.17, 15) is 0 Å². The van der Waals surface area contributed by atoms with E-state index in [0.717, 1.165) is 13.2 Å². The van der Waals surface area contributed by atoms with Crippen LogP contribution in [-0.4, -0.2) is 33.4 Å². The van der Waals surface area contributed by atoms with Crippen molar-refractivity contribution in [1.29, 1.82) is 0 Å². The average molecular weight is 242 g/mol. The molecule has 0 radical (unpaired) electrons. The molecule has 0 aliphatic heterocycles. The van der Waals surface area contributed by atoms with Gasteiger partial charge in [0.1, 0.15) is 0 Å². The molecule has 0 aromatic carbocycles. The Morgan fingerprint density at radius 1 is 1.12 bits per heavy atom. The molecule has 3 nitrogen and oxygen atoms in total. The molecule has 0 amide bonds. The molecular formula is C14H30N2O. The van der Waals surface area contributed by atoms with Crippen molar-refractivity contribution in [1.82, 2.24) is 5.32 Å². The van der Waals surface area contributed by atoms with Gasteiger partial charge in [-0.1, -0.05) is 19.3 Å². The quantitative estimate of drug-likeness (QED) is 0.516. The molecule has 0 unspecified atom stereocenters. The largest absolute Gasteiger partial charge is 0.385 e. The Bertz CT molecular complexity index is 181. The first-order chi connectivity index (χ1) is 8.33. The summed E-state index contributed by atoms with van der Waals surface area (Å²) in [5.41, 5.74) is 6.06. The number of hydrogen-bond acceptors (Lipinski definition) is 3. The average Bonchev–Trinajstić information content (AvgIpc) is 3.11. The summed E-state index contributed by atoms with van der Waals surface area (Å²) in [6.07, 6.45) is 10.5. The van der Waals surface area contributed by atoms with Crippen LogP contribution in [0.5, 0.6) is 0 Å². The monoisotopic (exact) mass is 242 g/mol. The van der Waals surface area contributed by atoms with Gasteiger partial charge in [0.25, 0.3) is 0 Å². The fraction of sp³-hybridized carbons (Fsp3) is 1.00. The molecule has 0 saturated heterocycles. The van der Waals surface area contributed by atoms with Gasteiger partial charge in [-0.3, -0.25) is 0 Å². The number of unbranched alkanes of at least 4 members (excludes halogenated alkanes) is 4. The van der Waals surface area contributed by atoms with E-state index in [4.69, 9.17) is 10.5 Å². The second kappa shape index (κ2) is 8.90. The van der Waals surface area contributed by atoms with Crippen molar-refractivity contribution in [2.24, 2.45) is 11.1 Å². The predicted octanol–water partition coefficient (Wildman–Crippen LogP) is 2.30. The fourth-order valence-corrected chi connectivity index (χ4v) is 2.29. The van der Waals surface area contributed by atoms with Gasteiger partial charge in [0.05, 0.1) is 0 Å². The van der Waals surface area contributed by atoms with Crippen LogP contribution in [0.1, 0.15) is 51.4 Å². The van der Waals surface area contributed by atoms with E-state index in [1.54, 1.807) is 7.11 Å². The molecule has 0 spiro atoms. The lowest BCUT2D eigenvalue weighted by Gasteiger charge is -2.15. The summed E-state index contributed by atoms with van der Waals surface area (Å²) in [4.78, 5) is 0. The molecule has 1 fully saturated rings. The maximum absolute atomic E-state index is 5.46. The highest BCUT2D eigenvalue weighted by Gasteiger charge is 2.41. The molecule has 1 rings (SSSR count). The van der Waals surface area contributed by atoms with E-state index < -0.39 is 0 Å². The third-order valence-electron chi connectivity index (χ3n) is 3.85. The highest BCUT2D eigenvalue weighted by Crippen LogP contribution is 2.48. The SMILES string of the molecule is COCCC1(CNCCCCCCCN)CC1. The summed E-state index contributed by atoms with van der Waals surface area (Å²) in [7, 11) is 1.80. The summed E-state index contributed by atoms with van der Waals surface area (Å²) in [5.74, 6) is 0. The minimum atomic E-state index is 0.593. The molecular weight excluding hydrogens is 212 g/mol. The highest BCUT2D eigenvalue weighted by atomic mass is 16.5. The normalized spacial score (nSPS) is 17.3. The van der Waals surface area contributed by atoms with Gasteiger partial charge in [0, 0.05) is 20.3 Å². The molecule has 0 aromatic rings. The first-order valence-corrected chi connectivity index (χ1v) is 7.23. The molecule has 0 atom stereocenters. The number of nitrogens with one attached hydrogen (secondary N) is 1. The Morgan fingerprint density at radius 3 is 2.47 bits per heavy atom. The van der Waals surface area contributed by atoms with Crippen LogP contribution in [0.3, 0.4) is 0 Å². The Labute approximate surface area is 106 Å². The molecule has 3 heteroatoms. The van der Waals surface area contributed by atoms with Crippen molar-refractivity contribution in [2.75, 3.05) is 33.4 Å². The van der Waals surface area contributed by atoms with Crippen LogP contribution < -0.4 is 11.1 Å². The second-order valence-corrected chi connectivity index (χ2v) is 5.48. The molecule has 0 aromatic heterocycles. The lowest BCUT2D eigenvalue weighted by atomic mass is 10.0. The molecule has 0 bridgehead atoms. The topological polar surface area (TPSA) is 47.3 Å². The Balaban J connectivity index is 1.84. The van der Waals surface area contributed by atoms with Gasteiger partial charge in [-0.05, 0) is 50.6 Å². The van der Waals surface area contributed by atoms with Gasteiger partial charge >= 0.3 is 0 Å². The molecule has 1 aliphatic rings. The van der Waals surface area contributed by atoms with E-state index in [1.807, 2.05) is 0 Å². The minimum Gasteiger partial charge on any atom is -0.385 e. The van der Waals surface area contributed by atoms with Gasteiger partial charge in [-0.15, -0.1) is 0 Å². The third-order valence-corrected chi connectivity index (χ3v) is 3.85. The van der Waals surface area contributed by atoms with Crippen LogP contribution in [0.2, 0.25) is 0 Å². The van der Waals surface area contributed by atoms with Crippen molar-refractivity contribution in [3.63, 3.8) is 0 Å². The zero-order valence-electron chi connectivity index (χ0n) is 11.5. The molecule has 17 heavy (non-hydrogen) atoms. The zero-order valence-corrected chi connectivity index (χ0v) is 11.5. The van der Waals surface area contributed by atoms with Gasteiger partial charge in [0.15, 0.2) is 0 Å². The van der Waals surface area contributed by atoms with E-state index in [2.05, 4.69) is 5.32 Å². The van der Waals surface area contributed by atoms with Crippen molar-refractivity contribution < 1.29 is 4.74 Å². The van der Waals surface area contributed by atoms with Gasteiger partial charge in [-0.25, -0.2) is 0 Å². The fourth-order valence-electron chi connectivity index (χ4n) is 2.29. The summed E-state index contributed by atoms with van der Waals surface area (Å²) < 4.78 is 5.16. The van der Waals surface area contributed by atoms with Crippen LogP contribution in [-0.2, 0) is 4.74 Å². The standard InChI is InChI=1S/C14H30N2O/c1-17-12-9-14(7-8-14)13-16-11-6-4-2-3-5-10-15/h16H,2-13,15H2,1H3. The maximum atomic E-state index is 5.46. The second-order valence-electron chi connectivity index (χ2n) is 5.48. The smallest absolute Gasteiger partial charge is 0.0468 e. The summed E-state index contributed by atoms with van der Waals surface area (Å²) >= 11 is 0. The maximum Gasteiger partial charge on any atom is 0.0468 e. The van der Waals surface area contributed by atoms with Crippen LogP contribution >= 0.6 is 0 Å². The lowest BCUT2D eigenvalue weighted by molar-refractivity contribution is 0.171. The molecule has 1 saturated carbocycles. The number of ether oxygens (including phenoxy) is 1. The van der Waals surface area contributed by atoms with E-state index in [0.29, 0.717) is 5.41 Å². The third kappa shape index (κ3) is 7.02. The highest BCUT2D eigenvalue weighted by molar-refractivity contribution is 4.94. The van der Waals surface area contributed by atoms with E-state index in [1.165, 1.54) is 64.5 Å². The first kappa shape index (κ1) is 14.9. The van der Waals surface area contributed by atoms with Gasteiger partial charge in [0.2, 0.25) is 0 Å². The summed E-state index contributed by atoms with van der Waals surface area (Å²) in [6, 6.07) is 0. The van der Waals surface area contributed by atoms with Crippen LogP contribution in [0.25, 0.3) is 0 Å². The number of hydrogen-bond donors (Lipinski definition) is 2. The number of nitrogens with two attached hydrogens (primary N) is 1. The van der Waals surface area contributed by atoms with Gasteiger partial charge < -0.3 is 15.8 Å². The number of rotatable bonds is 12. The molecule has 0 heterocycles. The Morgan fingerprint density at radius 2 is 1.82 bits per heavy atom. The Kier molecular flexibility index (Phi) is 7.82. The molecule has 1 aliphatic carbocycles. The zero-order chi connectivity index (χ0) is 12.4. The van der Waals surface area contributed by atoms with E-state index in [-0.39, 0.29) is 0 Å². The van der Waals surface area contributed by atoms with Crippen molar-refractivity contribution >= 4 is 0 Å². The number of methoxy groups -OCH3 is 1. The van der Waals surface area contributed by atoms with Crippen LogP contribution in [0.15, 0.2) is 0 Å².